The van der Waals surface area contributed by atoms with Gasteiger partial charge in [-0.15, -0.1) is 0 Å². The van der Waals surface area contributed by atoms with Crippen molar-refractivity contribution in [2.24, 2.45) is 4.99 Å². The number of benzene rings is 2. The molecule has 6 heteroatoms. The maximum atomic E-state index is 12.7. The Balaban J connectivity index is 1.50. The van der Waals surface area contributed by atoms with Gasteiger partial charge in [-0.1, -0.05) is 54.1 Å². The number of hydrogen-bond acceptors (Lipinski definition) is 3. The number of halogens is 1. The molecule has 0 atom stereocenters. The van der Waals surface area contributed by atoms with E-state index in [0.29, 0.717) is 42.2 Å². The van der Waals surface area contributed by atoms with Gasteiger partial charge < -0.3 is 10.2 Å². The van der Waals surface area contributed by atoms with E-state index in [4.69, 9.17) is 16.6 Å². The fourth-order valence-corrected chi connectivity index (χ4v) is 3.69. The van der Waals surface area contributed by atoms with Crippen LogP contribution in [-0.2, 0) is 4.79 Å². The Morgan fingerprint density at radius 1 is 1.04 bits per heavy atom. The minimum absolute atomic E-state index is 0.0814. The Kier molecular flexibility index (Phi) is 4.24. The van der Waals surface area contributed by atoms with Gasteiger partial charge in [0.1, 0.15) is 11.4 Å². The van der Waals surface area contributed by atoms with Crippen molar-refractivity contribution in [3.05, 3.63) is 70.7 Å². The summed E-state index contributed by atoms with van der Waals surface area (Å²) in [6.45, 7) is 1.05. The maximum Gasteiger partial charge on any atom is 0.272 e. The number of nitrogens with one attached hydrogen (secondary N) is 1. The van der Waals surface area contributed by atoms with Gasteiger partial charge in [-0.3, -0.25) is 14.6 Å². The molecule has 0 aromatic heterocycles. The molecule has 2 aliphatic heterocycles. The van der Waals surface area contributed by atoms with Crippen LogP contribution in [0, 0.1) is 0 Å². The topological polar surface area (TPSA) is 61.8 Å². The lowest BCUT2D eigenvalue weighted by Crippen LogP contribution is -2.52. The molecule has 1 N–H and O–H groups in total. The van der Waals surface area contributed by atoms with Crippen molar-refractivity contribution in [1.82, 2.24) is 10.2 Å². The van der Waals surface area contributed by atoms with Crippen molar-refractivity contribution >= 4 is 29.1 Å². The van der Waals surface area contributed by atoms with E-state index in [1.165, 1.54) is 0 Å². The summed E-state index contributed by atoms with van der Waals surface area (Å²) in [5.74, 6) is -0.232. The van der Waals surface area contributed by atoms with E-state index < -0.39 is 5.66 Å². The summed E-state index contributed by atoms with van der Waals surface area (Å²) < 4.78 is 0. The molecule has 0 bridgehead atoms. The summed E-state index contributed by atoms with van der Waals surface area (Å²) in [5, 5.41) is 3.48. The molecule has 26 heavy (non-hydrogen) atoms. The highest BCUT2D eigenvalue weighted by molar-refractivity contribution is 6.46. The summed E-state index contributed by atoms with van der Waals surface area (Å²) in [5.41, 5.74) is 1.18. The number of carbonyl (C=O) groups is 2. The van der Waals surface area contributed by atoms with Crippen LogP contribution in [0.4, 0.5) is 0 Å². The van der Waals surface area contributed by atoms with E-state index in [1.54, 1.807) is 29.2 Å². The third-order valence-electron chi connectivity index (χ3n) is 4.92. The first kappa shape index (κ1) is 16.8. The molecule has 2 aromatic carbocycles. The van der Waals surface area contributed by atoms with Crippen LogP contribution in [0.15, 0.2) is 59.6 Å². The molecule has 1 saturated heterocycles. The number of piperidine rings is 1. The lowest BCUT2D eigenvalue weighted by molar-refractivity contribution is -0.115. The van der Waals surface area contributed by atoms with Crippen LogP contribution in [0.5, 0.6) is 0 Å². The molecular weight excluding hydrogens is 350 g/mol. The quantitative estimate of drug-likeness (QED) is 0.887. The molecule has 2 aliphatic rings. The molecule has 2 heterocycles. The second-order valence-electron chi connectivity index (χ2n) is 6.58. The van der Waals surface area contributed by atoms with E-state index >= 15 is 0 Å². The fraction of sp³-hybridized carbons (Fsp3) is 0.250. The Labute approximate surface area is 156 Å². The normalized spacial score (nSPS) is 18.6. The lowest BCUT2D eigenvalue weighted by atomic mass is 9.97. The maximum absolute atomic E-state index is 12.7. The van der Waals surface area contributed by atoms with Crippen LogP contribution in [-0.4, -0.2) is 41.2 Å². The van der Waals surface area contributed by atoms with E-state index in [2.05, 4.69) is 5.32 Å². The highest BCUT2D eigenvalue weighted by Crippen LogP contribution is 2.30. The molecule has 4 rings (SSSR count). The Hall–Kier alpha value is -2.66. The molecular formula is C20H18ClN3O2. The molecule has 0 radical (unpaired) electrons. The van der Waals surface area contributed by atoms with Crippen molar-refractivity contribution in [1.29, 1.82) is 0 Å². The number of rotatable bonds is 2. The Bertz CT molecular complexity index is 887. The number of likely N-dealkylation sites (tertiary alicyclic amines) is 1. The second kappa shape index (κ2) is 6.57. The van der Waals surface area contributed by atoms with Gasteiger partial charge in [-0.05, 0) is 12.1 Å². The second-order valence-corrected chi connectivity index (χ2v) is 6.99. The van der Waals surface area contributed by atoms with Gasteiger partial charge in [-0.25, -0.2) is 0 Å². The molecule has 1 spiro atoms. The average molecular weight is 368 g/mol. The van der Waals surface area contributed by atoms with Crippen molar-refractivity contribution < 1.29 is 9.59 Å². The average Bonchev–Trinajstić information content (AvgIpc) is 2.99. The van der Waals surface area contributed by atoms with E-state index in [-0.39, 0.29) is 11.8 Å². The van der Waals surface area contributed by atoms with Gasteiger partial charge in [0.15, 0.2) is 0 Å². The summed E-state index contributed by atoms with van der Waals surface area (Å²) in [6, 6.07) is 16.5. The Morgan fingerprint density at radius 3 is 2.38 bits per heavy atom. The molecule has 132 valence electrons. The highest BCUT2D eigenvalue weighted by Gasteiger charge is 2.43. The van der Waals surface area contributed by atoms with E-state index in [9.17, 15) is 9.59 Å². The van der Waals surface area contributed by atoms with Crippen LogP contribution < -0.4 is 5.32 Å². The largest absolute Gasteiger partial charge is 0.338 e. The zero-order valence-corrected chi connectivity index (χ0v) is 14.9. The van der Waals surface area contributed by atoms with Gasteiger partial charge in [0.05, 0.1) is 10.6 Å². The molecule has 5 nitrogen and oxygen atoms in total. The number of aliphatic imine (C=N–C) groups is 1. The molecule has 0 saturated carbocycles. The molecule has 0 unspecified atom stereocenters. The zero-order valence-electron chi connectivity index (χ0n) is 14.1. The van der Waals surface area contributed by atoms with Crippen LogP contribution in [0.3, 0.4) is 0 Å². The van der Waals surface area contributed by atoms with Gasteiger partial charge in [0.25, 0.3) is 11.8 Å². The first-order chi connectivity index (χ1) is 12.6. The van der Waals surface area contributed by atoms with Crippen molar-refractivity contribution in [2.45, 2.75) is 18.5 Å². The van der Waals surface area contributed by atoms with Gasteiger partial charge >= 0.3 is 0 Å². The summed E-state index contributed by atoms with van der Waals surface area (Å²) in [7, 11) is 0. The van der Waals surface area contributed by atoms with Gasteiger partial charge in [0.2, 0.25) is 0 Å². The number of hydrogen-bond donors (Lipinski definition) is 1. The molecule has 0 aliphatic carbocycles. The summed E-state index contributed by atoms with van der Waals surface area (Å²) in [4.78, 5) is 31.6. The van der Waals surface area contributed by atoms with Gasteiger partial charge in [-0.2, -0.15) is 0 Å². The lowest BCUT2D eigenvalue weighted by Gasteiger charge is -2.37. The van der Waals surface area contributed by atoms with E-state index in [1.807, 2.05) is 30.3 Å². The summed E-state index contributed by atoms with van der Waals surface area (Å²) in [6.07, 6.45) is 1.18. The third-order valence-corrected chi connectivity index (χ3v) is 5.25. The first-order valence-corrected chi connectivity index (χ1v) is 8.97. The number of amides is 2. The summed E-state index contributed by atoms with van der Waals surface area (Å²) >= 11 is 6.14. The first-order valence-electron chi connectivity index (χ1n) is 8.60. The monoisotopic (exact) mass is 367 g/mol. The third kappa shape index (κ3) is 2.99. The fourth-order valence-electron chi connectivity index (χ4n) is 3.48. The number of nitrogens with zero attached hydrogens (tertiary/aromatic N) is 2. The van der Waals surface area contributed by atoms with E-state index in [0.717, 1.165) is 5.56 Å². The standard InChI is InChI=1S/C20H18ClN3O2/c21-16-9-5-4-8-15(16)19(26)24-12-10-20(11-13-24)22-17(18(25)23-20)14-6-2-1-3-7-14/h1-9H,10-13H2,(H,23,25). The molecule has 2 aromatic rings. The minimum atomic E-state index is -0.612. The van der Waals surface area contributed by atoms with Crippen LogP contribution in [0.2, 0.25) is 5.02 Å². The smallest absolute Gasteiger partial charge is 0.272 e. The minimum Gasteiger partial charge on any atom is -0.338 e. The molecule has 2 amide bonds. The van der Waals surface area contributed by atoms with Crippen LogP contribution >= 0.6 is 11.6 Å². The highest BCUT2D eigenvalue weighted by atomic mass is 35.5. The van der Waals surface area contributed by atoms with Crippen LogP contribution in [0.1, 0.15) is 28.8 Å². The van der Waals surface area contributed by atoms with Crippen molar-refractivity contribution in [2.75, 3.05) is 13.1 Å². The predicted octanol–water partition coefficient (Wildman–Crippen LogP) is 2.89. The molecule has 1 fully saturated rings. The number of carbonyl (C=O) groups excluding carboxylic acids is 2. The SMILES string of the molecule is O=C1NC2(CCN(C(=O)c3ccccc3Cl)CC2)N=C1c1ccccc1. The van der Waals surface area contributed by atoms with Crippen molar-refractivity contribution in [3.63, 3.8) is 0 Å². The zero-order chi connectivity index (χ0) is 18.1. The van der Waals surface area contributed by atoms with Crippen molar-refractivity contribution in [3.8, 4) is 0 Å². The Morgan fingerprint density at radius 2 is 1.69 bits per heavy atom. The van der Waals surface area contributed by atoms with Crippen LogP contribution in [0.25, 0.3) is 0 Å². The van der Waals surface area contributed by atoms with Gasteiger partial charge in [0, 0.05) is 31.5 Å². The predicted molar refractivity (Wildman–Crippen MR) is 100 cm³/mol.